The largest absolute Gasteiger partial charge is 0.486 e. The third-order valence-electron chi connectivity index (χ3n) is 4.87. The number of hydrogen-bond donors (Lipinski definition) is 2. The van der Waals surface area contributed by atoms with Crippen molar-refractivity contribution < 1.29 is 17.9 Å². The van der Waals surface area contributed by atoms with Crippen LogP contribution in [0.3, 0.4) is 0 Å². The van der Waals surface area contributed by atoms with Crippen molar-refractivity contribution in [2.24, 2.45) is 4.99 Å². The van der Waals surface area contributed by atoms with Crippen LogP contribution in [0.2, 0.25) is 0 Å². The number of aliphatic imine (C=N–C) groups is 1. The molecule has 1 unspecified atom stereocenters. The Bertz CT molecular complexity index is 805. The maximum Gasteiger partial charge on any atom is 0.191 e. The molecule has 1 atom stereocenters. The molecule has 1 fully saturated rings. The van der Waals surface area contributed by atoms with Gasteiger partial charge in [-0.1, -0.05) is 19.9 Å². The van der Waals surface area contributed by atoms with Crippen molar-refractivity contribution in [2.45, 2.75) is 38.6 Å². The second kappa shape index (κ2) is 7.96. The Hall–Kier alpha value is -1.96. The molecule has 0 aliphatic carbocycles. The van der Waals surface area contributed by atoms with Crippen LogP contribution >= 0.6 is 0 Å². The predicted molar refractivity (Wildman–Crippen MR) is 107 cm³/mol. The van der Waals surface area contributed by atoms with Crippen LogP contribution in [0.5, 0.6) is 11.5 Å². The van der Waals surface area contributed by atoms with Crippen molar-refractivity contribution in [3.63, 3.8) is 0 Å². The fraction of sp³-hybridized carbons (Fsp3) is 0.632. The second-order valence-electron chi connectivity index (χ2n) is 7.68. The topological polar surface area (TPSA) is 89.0 Å². The lowest BCUT2D eigenvalue weighted by molar-refractivity contribution is 0.171. The zero-order valence-corrected chi connectivity index (χ0v) is 17.1. The van der Waals surface area contributed by atoms with Crippen LogP contribution in [0.1, 0.15) is 32.8 Å². The number of hydrogen-bond acceptors (Lipinski definition) is 5. The minimum atomic E-state index is -2.92. The van der Waals surface area contributed by atoms with Crippen LogP contribution in [0, 0.1) is 0 Å². The monoisotopic (exact) mass is 395 g/mol. The Balaban J connectivity index is 1.70. The summed E-state index contributed by atoms with van der Waals surface area (Å²) in [6.07, 6.45) is 0.623. The van der Waals surface area contributed by atoms with E-state index in [-0.39, 0.29) is 23.0 Å². The van der Waals surface area contributed by atoms with Crippen LogP contribution in [0.25, 0.3) is 0 Å². The van der Waals surface area contributed by atoms with Gasteiger partial charge in [-0.2, -0.15) is 0 Å². The van der Waals surface area contributed by atoms with Crippen LogP contribution in [0.15, 0.2) is 23.2 Å². The van der Waals surface area contributed by atoms with E-state index in [2.05, 4.69) is 24.5 Å². The molecule has 0 bridgehead atoms. The lowest BCUT2D eigenvalue weighted by atomic mass is 9.84. The molecule has 2 aliphatic rings. The Morgan fingerprint density at radius 1 is 1.26 bits per heavy atom. The summed E-state index contributed by atoms with van der Waals surface area (Å²) in [7, 11) is -2.92. The Kier molecular flexibility index (Phi) is 5.83. The Morgan fingerprint density at radius 2 is 2.00 bits per heavy atom. The van der Waals surface area contributed by atoms with Gasteiger partial charge in [-0.3, -0.25) is 4.99 Å². The van der Waals surface area contributed by atoms with E-state index in [4.69, 9.17) is 14.5 Å². The van der Waals surface area contributed by atoms with Crippen molar-refractivity contribution in [1.29, 1.82) is 0 Å². The molecule has 0 aromatic heterocycles. The van der Waals surface area contributed by atoms with E-state index in [0.717, 1.165) is 23.6 Å². The quantitative estimate of drug-likeness (QED) is 0.580. The van der Waals surface area contributed by atoms with E-state index in [1.54, 1.807) is 0 Å². The van der Waals surface area contributed by atoms with E-state index in [1.807, 2.05) is 25.1 Å². The molecule has 3 rings (SSSR count). The SMILES string of the molecule is CCNC(=NCC(C)(C)c1ccc2c(c1)OCCO2)NC1CCS(=O)(=O)C1. The Labute approximate surface area is 161 Å². The molecule has 0 spiro atoms. The number of nitrogens with zero attached hydrogens (tertiary/aromatic N) is 1. The number of ether oxygens (including phenoxy) is 2. The summed E-state index contributed by atoms with van der Waals surface area (Å²) in [5, 5.41) is 6.47. The maximum atomic E-state index is 11.7. The summed E-state index contributed by atoms with van der Waals surface area (Å²) in [5.74, 6) is 2.62. The van der Waals surface area contributed by atoms with Gasteiger partial charge >= 0.3 is 0 Å². The molecule has 7 nitrogen and oxygen atoms in total. The van der Waals surface area contributed by atoms with Crippen LogP contribution in [-0.2, 0) is 15.3 Å². The molecule has 2 N–H and O–H groups in total. The lowest BCUT2D eigenvalue weighted by Crippen LogP contribution is -2.44. The van der Waals surface area contributed by atoms with E-state index in [1.165, 1.54) is 0 Å². The fourth-order valence-electron chi connectivity index (χ4n) is 3.25. The predicted octanol–water partition coefficient (Wildman–Crippen LogP) is 1.48. The van der Waals surface area contributed by atoms with Gasteiger partial charge in [-0.15, -0.1) is 0 Å². The smallest absolute Gasteiger partial charge is 0.191 e. The van der Waals surface area contributed by atoms with Gasteiger partial charge in [-0.25, -0.2) is 8.42 Å². The lowest BCUT2D eigenvalue weighted by Gasteiger charge is -2.27. The zero-order valence-electron chi connectivity index (χ0n) is 16.2. The van der Waals surface area contributed by atoms with Crippen LogP contribution < -0.4 is 20.1 Å². The molecule has 1 saturated heterocycles. The fourth-order valence-corrected chi connectivity index (χ4v) is 4.93. The molecule has 0 saturated carbocycles. The first kappa shape index (κ1) is 19.8. The molecule has 2 heterocycles. The van der Waals surface area contributed by atoms with Crippen molar-refractivity contribution in [1.82, 2.24) is 10.6 Å². The molecule has 0 radical (unpaired) electrons. The van der Waals surface area contributed by atoms with Crippen molar-refractivity contribution >= 4 is 15.8 Å². The maximum absolute atomic E-state index is 11.7. The zero-order chi connectivity index (χ0) is 19.5. The number of rotatable bonds is 5. The molecular formula is C19H29N3O4S. The molecule has 2 aliphatic heterocycles. The van der Waals surface area contributed by atoms with Crippen LogP contribution in [-0.4, -0.2) is 58.2 Å². The summed E-state index contributed by atoms with van der Waals surface area (Å²) < 4.78 is 34.6. The van der Waals surface area contributed by atoms with Crippen LogP contribution in [0.4, 0.5) is 0 Å². The number of nitrogens with one attached hydrogen (secondary N) is 2. The first-order valence-electron chi connectivity index (χ1n) is 9.44. The van der Waals surface area contributed by atoms with Gasteiger partial charge in [0.2, 0.25) is 0 Å². The van der Waals surface area contributed by atoms with Crippen molar-refractivity contribution in [3.8, 4) is 11.5 Å². The van der Waals surface area contributed by atoms with Gasteiger partial charge < -0.3 is 20.1 Å². The van der Waals surface area contributed by atoms with E-state index in [0.29, 0.717) is 32.1 Å². The van der Waals surface area contributed by atoms with E-state index in [9.17, 15) is 8.42 Å². The molecule has 1 aromatic carbocycles. The van der Waals surface area contributed by atoms with Crippen molar-refractivity contribution in [2.75, 3.05) is 37.8 Å². The highest BCUT2D eigenvalue weighted by Crippen LogP contribution is 2.35. The van der Waals surface area contributed by atoms with Gasteiger partial charge in [0.05, 0.1) is 18.1 Å². The summed E-state index contributed by atoms with van der Waals surface area (Å²) in [5.41, 5.74) is 0.912. The van der Waals surface area contributed by atoms with Gasteiger partial charge in [-0.05, 0) is 31.0 Å². The first-order valence-corrected chi connectivity index (χ1v) is 11.3. The highest BCUT2D eigenvalue weighted by molar-refractivity contribution is 7.91. The minimum Gasteiger partial charge on any atom is -0.486 e. The number of guanidine groups is 1. The van der Waals surface area contributed by atoms with E-state index < -0.39 is 9.84 Å². The van der Waals surface area contributed by atoms with Gasteiger partial charge in [0.25, 0.3) is 0 Å². The summed E-state index contributed by atoms with van der Waals surface area (Å²) in [6.45, 7) is 8.67. The third kappa shape index (κ3) is 5.06. The highest BCUT2D eigenvalue weighted by atomic mass is 32.2. The van der Waals surface area contributed by atoms with Gasteiger partial charge in [0.1, 0.15) is 13.2 Å². The molecular weight excluding hydrogens is 366 g/mol. The summed E-state index contributed by atoms with van der Waals surface area (Å²) in [6, 6.07) is 5.94. The average Bonchev–Trinajstić information content (AvgIpc) is 2.98. The first-order chi connectivity index (χ1) is 12.8. The average molecular weight is 396 g/mol. The number of sulfone groups is 1. The minimum absolute atomic E-state index is 0.0785. The molecule has 8 heteroatoms. The Morgan fingerprint density at radius 3 is 2.67 bits per heavy atom. The van der Waals surface area contributed by atoms with E-state index >= 15 is 0 Å². The van der Waals surface area contributed by atoms with Gasteiger partial charge in [0.15, 0.2) is 27.3 Å². The molecule has 27 heavy (non-hydrogen) atoms. The molecule has 150 valence electrons. The molecule has 1 aromatic rings. The second-order valence-corrected chi connectivity index (χ2v) is 9.91. The van der Waals surface area contributed by atoms with Gasteiger partial charge in [0, 0.05) is 18.0 Å². The molecule has 0 amide bonds. The summed E-state index contributed by atoms with van der Waals surface area (Å²) >= 11 is 0. The highest BCUT2D eigenvalue weighted by Gasteiger charge is 2.29. The normalized spacial score (nSPS) is 21.7. The third-order valence-corrected chi connectivity index (χ3v) is 6.64. The number of benzene rings is 1. The van der Waals surface area contributed by atoms with Crippen molar-refractivity contribution in [3.05, 3.63) is 23.8 Å². The summed E-state index contributed by atoms with van der Waals surface area (Å²) in [4.78, 5) is 4.71. The number of fused-ring (bicyclic) bond motifs is 1. The standard InChI is InChI=1S/C19H29N3O4S/c1-4-20-18(22-15-7-10-27(23,24)12-15)21-13-19(2,3)14-5-6-16-17(11-14)26-9-8-25-16/h5-6,11,15H,4,7-10,12-13H2,1-3H3,(H2,20,21,22).